The van der Waals surface area contributed by atoms with E-state index in [4.69, 9.17) is 10.5 Å². The van der Waals surface area contributed by atoms with Crippen molar-refractivity contribution in [3.8, 4) is 0 Å². The molecule has 1 fully saturated rings. The minimum absolute atomic E-state index is 0.148. The van der Waals surface area contributed by atoms with Gasteiger partial charge in [0.1, 0.15) is 6.61 Å². The highest BCUT2D eigenvalue weighted by atomic mass is 16.5. The smallest absolute Gasteiger partial charge is 0.161 e. The van der Waals surface area contributed by atoms with Crippen LogP contribution in [0, 0.1) is 11.8 Å². The zero-order chi connectivity index (χ0) is 11.3. The van der Waals surface area contributed by atoms with E-state index in [1.807, 2.05) is 13.8 Å². The SMILES string of the molecule is CC(C)OCC(=O)C1CCC(CN)CC1. The molecule has 0 saturated heterocycles. The molecule has 0 unspecified atom stereocenters. The first kappa shape index (κ1) is 12.7. The van der Waals surface area contributed by atoms with E-state index in [-0.39, 0.29) is 24.4 Å². The van der Waals surface area contributed by atoms with Crippen molar-refractivity contribution in [1.29, 1.82) is 0 Å². The van der Waals surface area contributed by atoms with Crippen LogP contribution < -0.4 is 5.73 Å². The zero-order valence-electron chi connectivity index (χ0n) is 9.87. The maximum atomic E-state index is 11.7. The van der Waals surface area contributed by atoms with Crippen LogP contribution in [-0.4, -0.2) is 25.0 Å². The highest BCUT2D eigenvalue weighted by Crippen LogP contribution is 2.28. The molecular formula is C12H23NO2. The van der Waals surface area contributed by atoms with Crippen LogP contribution in [0.1, 0.15) is 39.5 Å². The van der Waals surface area contributed by atoms with Gasteiger partial charge in [0.2, 0.25) is 0 Å². The second kappa shape index (κ2) is 6.23. The largest absolute Gasteiger partial charge is 0.371 e. The molecule has 1 rings (SSSR count). The molecule has 0 aromatic heterocycles. The number of carbonyl (C=O) groups excluding carboxylic acids is 1. The first-order valence-corrected chi connectivity index (χ1v) is 5.97. The number of ether oxygens (including phenoxy) is 1. The minimum Gasteiger partial charge on any atom is -0.371 e. The lowest BCUT2D eigenvalue weighted by molar-refractivity contribution is -0.130. The normalized spacial score (nSPS) is 26.9. The van der Waals surface area contributed by atoms with Crippen molar-refractivity contribution in [3.05, 3.63) is 0 Å². The van der Waals surface area contributed by atoms with Crippen molar-refractivity contribution in [2.75, 3.05) is 13.2 Å². The number of hydrogen-bond donors (Lipinski definition) is 1. The maximum Gasteiger partial charge on any atom is 0.161 e. The molecule has 0 atom stereocenters. The van der Waals surface area contributed by atoms with Gasteiger partial charge in [0.25, 0.3) is 0 Å². The fraction of sp³-hybridized carbons (Fsp3) is 0.917. The van der Waals surface area contributed by atoms with Crippen LogP contribution in [0.3, 0.4) is 0 Å². The number of hydrogen-bond acceptors (Lipinski definition) is 3. The predicted molar refractivity (Wildman–Crippen MR) is 60.6 cm³/mol. The molecule has 0 aliphatic heterocycles. The molecule has 15 heavy (non-hydrogen) atoms. The van der Waals surface area contributed by atoms with Gasteiger partial charge < -0.3 is 10.5 Å². The zero-order valence-corrected chi connectivity index (χ0v) is 9.87. The van der Waals surface area contributed by atoms with Gasteiger partial charge in [-0.2, -0.15) is 0 Å². The van der Waals surface area contributed by atoms with Crippen LogP contribution in [-0.2, 0) is 9.53 Å². The molecule has 3 nitrogen and oxygen atoms in total. The van der Waals surface area contributed by atoms with Crippen LogP contribution in [0.4, 0.5) is 0 Å². The molecule has 0 amide bonds. The number of rotatable bonds is 5. The van der Waals surface area contributed by atoms with E-state index in [0.717, 1.165) is 32.2 Å². The summed E-state index contributed by atoms with van der Waals surface area (Å²) in [5.41, 5.74) is 5.61. The average molecular weight is 213 g/mol. The Kier molecular flexibility index (Phi) is 5.26. The third-order valence-electron chi connectivity index (χ3n) is 3.19. The highest BCUT2D eigenvalue weighted by Gasteiger charge is 2.25. The van der Waals surface area contributed by atoms with Crippen LogP contribution >= 0.6 is 0 Å². The van der Waals surface area contributed by atoms with Crippen LogP contribution in [0.25, 0.3) is 0 Å². The Morgan fingerprint density at radius 3 is 2.40 bits per heavy atom. The first-order chi connectivity index (χ1) is 7.13. The van der Waals surface area contributed by atoms with Crippen molar-refractivity contribution < 1.29 is 9.53 Å². The van der Waals surface area contributed by atoms with Gasteiger partial charge in [-0.05, 0) is 52.0 Å². The molecule has 2 N–H and O–H groups in total. The molecule has 0 spiro atoms. The molecule has 3 heteroatoms. The molecule has 1 aliphatic rings. The molecule has 1 saturated carbocycles. The minimum atomic E-state index is 0.148. The van der Waals surface area contributed by atoms with Gasteiger partial charge in [-0.15, -0.1) is 0 Å². The first-order valence-electron chi connectivity index (χ1n) is 5.97. The third kappa shape index (κ3) is 4.31. The van der Waals surface area contributed by atoms with Gasteiger partial charge in [0.05, 0.1) is 6.10 Å². The summed E-state index contributed by atoms with van der Waals surface area (Å²) in [6.07, 6.45) is 4.36. The summed E-state index contributed by atoms with van der Waals surface area (Å²) < 4.78 is 5.34. The molecule has 1 aliphatic carbocycles. The summed E-state index contributed by atoms with van der Waals surface area (Å²) in [5.74, 6) is 1.14. The second-order valence-corrected chi connectivity index (χ2v) is 4.78. The Morgan fingerprint density at radius 1 is 1.33 bits per heavy atom. The molecule has 0 heterocycles. The molecular weight excluding hydrogens is 190 g/mol. The predicted octanol–water partition coefficient (Wildman–Crippen LogP) is 1.75. The molecule has 0 aromatic carbocycles. The van der Waals surface area contributed by atoms with Crippen molar-refractivity contribution in [3.63, 3.8) is 0 Å². The van der Waals surface area contributed by atoms with Crippen LogP contribution in [0.5, 0.6) is 0 Å². The van der Waals surface area contributed by atoms with Crippen LogP contribution in [0.15, 0.2) is 0 Å². The van der Waals surface area contributed by atoms with Crippen molar-refractivity contribution in [1.82, 2.24) is 0 Å². The summed E-state index contributed by atoms with van der Waals surface area (Å²) in [5, 5.41) is 0. The molecule has 0 radical (unpaired) electrons. The fourth-order valence-corrected chi connectivity index (χ4v) is 2.09. The van der Waals surface area contributed by atoms with Crippen molar-refractivity contribution >= 4 is 5.78 Å². The lowest BCUT2D eigenvalue weighted by atomic mass is 9.80. The highest BCUT2D eigenvalue weighted by molar-refractivity contribution is 5.82. The van der Waals surface area contributed by atoms with E-state index in [9.17, 15) is 4.79 Å². The number of Topliss-reactive ketones (excluding diaryl/α,β-unsaturated/α-hetero) is 1. The van der Waals surface area contributed by atoms with Gasteiger partial charge in [0.15, 0.2) is 5.78 Å². The Hall–Kier alpha value is -0.410. The van der Waals surface area contributed by atoms with Gasteiger partial charge in [-0.1, -0.05) is 0 Å². The lowest BCUT2D eigenvalue weighted by Crippen LogP contribution is -2.28. The average Bonchev–Trinajstić information content (AvgIpc) is 2.26. The van der Waals surface area contributed by atoms with Gasteiger partial charge >= 0.3 is 0 Å². The molecule has 88 valence electrons. The Bertz CT molecular complexity index is 196. The van der Waals surface area contributed by atoms with Gasteiger partial charge in [0, 0.05) is 5.92 Å². The molecule has 0 bridgehead atoms. The van der Waals surface area contributed by atoms with E-state index in [1.54, 1.807) is 0 Å². The summed E-state index contributed by atoms with van der Waals surface area (Å²) >= 11 is 0. The quantitative estimate of drug-likeness (QED) is 0.757. The van der Waals surface area contributed by atoms with Crippen molar-refractivity contribution in [2.45, 2.75) is 45.6 Å². The monoisotopic (exact) mass is 213 g/mol. The standard InChI is InChI=1S/C12H23NO2/c1-9(2)15-8-12(14)11-5-3-10(7-13)4-6-11/h9-11H,3-8,13H2,1-2H3. The summed E-state index contributed by atoms with van der Waals surface area (Å²) in [7, 11) is 0. The van der Waals surface area contributed by atoms with E-state index in [2.05, 4.69) is 0 Å². The lowest BCUT2D eigenvalue weighted by Gasteiger charge is -2.26. The van der Waals surface area contributed by atoms with Crippen LogP contribution in [0.2, 0.25) is 0 Å². The van der Waals surface area contributed by atoms with E-state index in [1.165, 1.54) is 0 Å². The topological polar surface area (TPSA) is 52.3 Å². The van der Waals surface area contributed by atoms with Crippen molar-refractivity contribution in [2.24, 2.45) is 17.6 Å². The fourth-order valence-electron chi connectivity index (χ4n) is 2.09. The van der Waals surface area contributed by atoms with E-state index in [0.29, 0.717) is 5.92 Å². The number of ketones is 1. The number of nitrogens with two attached hydrogens (primary N) is 1. The summed E-state index contributed by atoms with van der Waals surface area (Å²) in [4.78, 5) is 11.7. The van der Waals surface area contributed by atoms with E-state index >= 15 is 0 Å². The maximum absolute atomic E-state index is 11.7. The van der Waals surface area contributed by atoms with Gasteiger partial charge in [-0.3, -0.25) is 4.79 Å². The van der Waals surface area contributed by atoms with E-state index < -0.39 is 0 Å². The Labute approximate surface area is 92.4 Å². The molecule has 0 aromatic rings. The summed E-state index contributed by atoms with van der Waals surface area (Å²) in [6.45, 7) is 4.97. The summed E-state index contributed by atoms with van der Waals surface area (Å²) in [6, 6.07) is 0. The second-order valence-electron chi connectivity index (χ2n) is 4.78. The third-order valence-corrected chi connectivity index (χ3v) is 3.19. The Balaban J connectivity index is 2.24. The van der Waals surface area contributed by atoms with Gasteiger partial charge in [-0.25, -0.2) is 0 Å². The Morgan fingerprint density at radius 2 is 1.93 bits per heavy atom. The number of carbonyl (C=O) groups is 1.